The molecule has 0 aromatic heterocycles. The number of nitriles is 3. The Balaban J connectivity index is 1.94. The molecule has 4 atom stereocenters. The van der Waals surface area contributed by atoms with E-state index in [-0.39, 0.29) is 0 Å². The second-order valence-electron chi connectivity index (χ2n) is 8.54. The van der Waals surface area contributed by atoms with Crippen LogP contribution in [0.4, 0.5) is 5.69 Å². The van der Waals surface area contributed by atoms with Crippen molar-refractivity contribution in [3.8, 4) is 18.2 Å². The second kappa shape index (κ2) is 8.33. The van der Waals surface area contributed by atoms with Gasteiger partial charge >= 0.3 is 0 Å². The van der Waals surface area contributed by atoms with Gasteiger partial charge in [-0.05, 0) is 43.7 Å². The van der Waals surface area contributed by atoms with Gasteiger partial charge in [-0.2, -0.15) is 15.8 Å². The van der Waals surface area contributed by atoms with Crippen LogP contribution in [0.25, 0.3) is 0 Å². The van der Waals surface area contributed by atoms with Crippen LogP contribution in [-0.2, 0) is 15.3 Å². The Morgan fingerprint density at radius 3 is 2.06 bits per heavy atom. The van der Waals surface area contributed by atoms with Crippen LogP contribution < -0.4 is 4.90 Å². The van der Waals surface area contributed by atoms with Gasteiger partial charge in [0.1, 0.15) is 6.10 Å². The molecule has 2 aromatic rings. The minimum atomic E-state index is -2.00. The van der Waals surface area contributed by atoms with E-state index in [0.29, 0.717) is 16.1 Å². The monoisotopic (exact) mass is 473 g/mol. The molecule has 2 heterocycles. The number of nitrogens with one attached hydrogen (secondary N) is 1. The summed E-state index contributed by atoms with van der Waals surface area (Å²) in [5.74, 6) is -2.79. The van der Waals surface area contributed by atoms with Gasteiger partial charge in [-0.1, -0.05) is 42.8 Å². The summed E-state index contributed by atoms with van der Waals surface area (Å²) in [6.07, 6.45) is -1.14. The third-order valence-corrected chi connectivity index (χ3v) is 7.49. The molecule has 2 fully saturated rings. The van der Waals surface area contributed by atoms with Crippen molar-refractivity contribution >= 4 is 23.2 Å². The third kappa shape index (κ3) is 2.86. The molecule has 2 aliphatic rings. The van der Waals surface area contributed by atoms with Gasteiger partial charge in [0.2, 0.25) is 17.1 Å². The predicted octanol–water partition coefficient (Wildman–Crippen LogP) is 5.30. The molecule has 2 saturated heterocycles. The highest BCUT2D eigenvalue weighted by molar-refractivity contribution is 6.30. The molecule has 1 N–H and O–H groups in total. The molecule has 2 bridgehead atoms. The molecule has 0 spiro atoms. The Kier molecular flexibility index (Phi) is 5.78. The van der Waals surface area contributed by atoms with E-state index in [1.807, 2.05) is 12.1 Å². The highest BCUT2D eigenvalue weighted by Crippen LogP contribution is 2.69. The number of halogens is 1. The zero-order valence-electron chi connectivity index (χ0n) is 19.2. The molecule has 4 unspecified atom stereocenters. The van der Waals surface area contributed by atoms with Gasteiger partial charge in [0.25, 0.3) is 0 Å². The second-order valence-corrected chi connectivity index (χ2v) is 8.98. The van der Waals surface area contributed by atoms with Crippen LogP contribution in [0.3, 0.4) is 0 Å². The quantitative estimate of drug-likeness (QED) is 0.629. The average molecular weight is 474 g/mol. The summed E-state index contributed by atoms with van der Waals surface area (Å²) in [6, 6.07) is 20.5. The summed E-state index contributed by atoms with van der Waals surface area (Å²) in [6.45, 7) is 7.47. The summed E-state index contributed by atoms with van der Waals surface area (Å²) >= 11 is 6.08. The number of nitrogens with zero attached hydrogens (tertiary/aromatic N) is 4. The molecule has 8 heteroatoms. The maximum absolute atomic E-state index is 10.4. The maximum atomic E-state index is 10.4. The number of ether oxygens (including phenoxy) is 2. The van der Waals surface area contributed by atoms with Gasteiger partial charge in [-0.15, -0.1) is 0 Å². The Hall–Kier alpha value is -3.57. The Labute approximate surface area is 204 Å². The van der Waals surface area contributed by atoms with Crippen molar-refractivity contribution < 1.29 is 9.47 Å². The molecular weight excluding hydrogens is 450 g/mol. The maximum Gasteiger partial charge on any atom is 0.244 e. The largest absolute Gasteiger partial charge is 0.443 e. The number of benzene rings is 2. The van der Waals surface area contributed by atoms with Crippen molar-refractivity contribution in [2.45, 2.75) is 32.7 Å². The molecule has 0 aliphatic carbocycles. The number of fused-ring (bicyclic) bond motifs is 2. The number of rotatable bonds is 5. The third-order valence-electron chi connectivity index (χ3n) is 7.24. The van der Waals surface area contributed by atoms with E-state index in [0.717, 1.165) is 18.8 Å². The van der Waals surface area contributed by atoms with E-state index in [4.69, 9.17) is 26.5 Å². The minimum absolute atomic E-state index is 0.442. The molecule has 172 valence electrons. The molecular formula is C26H24ClN5O2. The zero-order chi connectivity index (χ0) is 24.7. The first-order chi connectivity index (χ1) is 16.3. The normalized spacial score (nSPS) is 28.8. The standard InChI is InChI=1S/C26H24ClN5O2/c1-4-32(5-2)21-12-6-18(7-13-21)22-24(14-28,15-29)25(16-30)17(3)26(33-22,34-23(25)31)19-8-10-20(27)11-9-19/h6-13,17,22,31H,4-5H2,1-3H3. The van der Waals surface area contributed by atoms with Crippen LogP contribution in [0.2, 0.25) is 5.02 Å². The summed E-state index contributed by atoms with van der Waals surface area (Å²) < 4.78 is 12.5. The van der Waals surface area contributed by atoms with Crippen molar-refractivity contribution in [3.05, 3.63) is 64.7 Å². The average Bonchev–Trinajstić information content (AvgIpc) is 3.02. The Morgan fingerprint density at radius 1 is 0.971 bits per heavy atom. The van der Waals surface area contributed by atoms with E-state index < -0.39 is 34.5 Å². The molecule has 2 aromatic carbocycles. The van der Waals surface area contributed by atoms with E-state index in [1.165, 1.54) is 0 Å². The molecule has 2 aliphatic heterocycles. The highest BCUT2D eigenvalue weighted by Gasteiger charge is 2.79. The summed E-state index contributed by atoms with van der Waals surface area (Å²) in [5, 5.41) is 40.3. The van der Waals surface area contributed by atoms with Crippen molar-refractivity contribution in [1.29, 1.82) is 21.2 Å². The first kappa shape index (κ1) is 23.6. The number of hydrogen-bond acceptors (Lipinski definition) is 7. The van der Waals surface area contributed by atoms with E-state index in [1.54, 1.807) is 43.3 Å². The SMILES string of the molecule is CCN(CC)c1ccc(C2OC3(c4ccc(Cl)cc4)OC(=N)C(C#N)(C3C)C2(C#N)C#N)cc1. The lowest BCUT2D eigenvalue weighted by atomic mass is 9.53. The van der Waals surface area contributed by atoms with Gasteiger partial charge in [-0.25, -0.2) is 0 Å². The van der Waals surface area contributed by atoms with Gasteiger partial charge < -0.3 is 14.4 Å². The fraction of sp³-hybridized carbons (Fsp3) is 0.385. The van der Waals surface area contributed by atoms with Crippen molar-refractivity contribution in [2.24, 2.45) is 16.7 Å². The first-order valence-corrected chi connectivity index (χ1v) is 11.5. The highest BCUT2D eigenvalue weighted by atomic mass is 35.5. The first-order valence-electron chi connectivity index (χ1n) is 11.1. The predicted molar refractivity (Wildman–Crippen MR) is 127 cm³/mol. The van der Waals surface area contributed by atoms with Gasteiger partial charge in [-0.3, -0.25) is 5.41 Å². The van der Waals surface area contributed by atoms with Crippen LogP contribution >= 0.6 is 11.6 Å². The Morgan fingerprint density at radius 2 is 1.56 bits per heavy atom. The summed E-state index contributed by atoms with van der Waals surface area (Å²) in [7, 11) is 0. The lowest BCUT2D eigenvalue weighted by molar-refractivity contribution is -0.288. The van der Waals surface area contributed by atoms with E-state index in [2.05, 4.69) is 37.0 Å². The Bertz CT molecular complexity index is 1220. The van der Waals surface area contributed by atoms with Crippen molar-refractivity contribution in [3.63, 3.8) is 0 Å². The van der Waals surface area contributed by atoms with Crippen LogP contribution in [-0.4, -0.2) is 19.0 Å². The van der Waals surface area contributed by atoms with Crippen LogP contribution in [0.15, 0.2) is 48.5 Å². The summed E-state index contributed by atoms with van der Waals surface area (Å²) in [5.41, 5.74) is -1.73. The molecule has 0 saturated carbocycles. The molecule has 0 amide bonds. The van der Waals surface area contributed by atoms with Crippen LogP contribution in [0, 0.1) is 56.2 Å². The molecule has 34 heavy (non-hydrogen) atoms. The van der Waals surface area contributed by atoms with Crippen LogP contribution in [0.1, 0.15) is 38.0 Å². The number of hydrogen-bond donors (Lipinski definition) is 1. The lowest BCUT2D eigenvalue weighted by Gasteiger charge is -2.48. The fourth-order valence-electron chi connectivity index (χ4n) is 5.30. The van der Waals surface area contributed by atoms with Crippen molar-refractivity contribution in [1.82, 2.24) is 0 Å². The lowest BCUT2D eigenvalue weighted by Crippen LogP contribution is -2.57. The van der Waals surface area contributed by atoms with Gasteiger partial charge in [0, 0.05) is 29.4 Å². The smallest absolute Gasteiger partial charge is 0.244 e. The number of anilines is 1. The molecule has 4 rings (SSSR count). The fourth-order valence-corrected chi connectivity index (χ4v) is 5.43. The van der Waals surface area contributed by atoms with Gasteiger partial charge in [0.15, 0.2) is 5.41 Å². The van der Waals surface area contributed by atoms with Gasteiger partial charge in [0.05, 0.1) is 24.1 Å². The van der Waals surface area contributed by atoms with E-state index >= 15 is 0 Å². The molecule has 0 radical (unpaired) electrons. The summed E-state index contributed by atoms with van der Waals surface area (Å²) in [4.78, 5) is 2.17. The van der Waals surface area contributed by atoms with Crippen LogP contribution in [0.5, 0.6) is 0 Å². The zero-order valence-corrected chi connectivity index (χ0v) is 19.9. The van der Waals surface area contributed by atoms with E-state index in [9.17, 15) is 15.8 Å². The minimum Gasteiger partial charge on any atom is -0.443 e. The topological polar surface area (TPSA) is 117 Å². The molecule has 7 nitrogen and oxygen atoms in total. The van der Waals surface area contributed by atoms with Crippen molar-refractivity contribution in [2.75, 3.05) is 18.0 Å².